The summed E-state index contributed by atoms with van der Waals surface area (Å²) < 4.78 is 5.36. The van der Waals surface area contributed by atoms with E-state index in [1.807, 2.05) is 19.2 Å². The summed E-state index contributed by atoms with van der Waals surface area (Å²) in [6.07, 6.45) is 1.45. The summed E-state index contributed by atoms with van der Waals surface area (Å²) in [6.45, 7) is 8.89. The molecule has 1 rings (SSSR count). The summed E-state index contributed by atoms with van der Waals surface area (Å²) in [5.74, 6) is 0. The molecule has 2 N–H and O–H groups in total. The lowest BCUT2D eigenvalue weighted by atomic mass is 10.1. The van der Waals surface area contributed by atoms with Crippen LogP contribution in [0.3, 0.4) is 0 Å². The minimum absolute atomic E-state index is 0.150. The van der Waals surface area contributed by atoms with Crippen molar-refractivity contribution in [3.05, 3.63) is 16.6 Å². The molecule has 0 spiro atoms. The third-order valence-electron chi connectivity index (χ3n) is 2.37. The van der Waals surface area contributed by atoms with Crippen molar-refractivity contribution in [2.24, 2.45) is 0 Å². The first-order chi connectivity index (χ1) is 7.92. The standard InChI is InChI=1S/C12H22N2O2S/c1-9(2)16-8-10(15)7-14-12(3,4)11-13-5-6-17-11/h5-6,9-10,14-15H,7-8H2,1-4H3/t10-/m0/s1. The van der Waals surface area contributed by atoms with Crippen LogP contribution in [-0.4, -0.2) is 35.5 Å². The van der Waals surface area contributed by atoms with E-state index in [2.05, 4.69) is 24.1 Å². The molecule has 17 heavy (non-hydrogen) atoms. The number of nitrogens with zero attached hydrogens (tertiary/aromatic N) is 1. The maximum absolute atomic E-state index is 9.75. The third kappa shape index (κ3) is 5.12. The highest BCUT2D eigenvalue weighted by atomic mass is 32.1. The average Bonchev–Trinajstić information content (AvgIpc) is 2.77. The van der Waals surface area contributed by atoms with E-state index in [0.29, 0.717) is 13.2 Å². The maximum atomic E-state index is 9.75. The molecule has 0 saturated heterocycles. The van der Waals surface area contributed by atoms with Crippen molar-refractivity contribution in [2.75, 3.05) is 13.2 Å². The summed E-state index contributed by atoms with van der Waals surface area (Å²) in [6, 6.07) is 0. The maximum Gasteiger partial charge on any atom is 0.112 e. The second kappa shape index (κ2) is 6.44. The smallest absolute Gasteiger partial charge is 0.112 e. The molecule has 0 aromatic carbocycles. The second-order valence-electron chi connectivity index (χ2n) is 4.88. The Morgan fingerprint density at radius 3 is 2.76 bits per heavy atom. The van der Waals surface area contributed by atoms with Gasteiger partial charge >= 0.3 is 0 Å². The van der Waals surface area contributed by atoms with Gasteiger partial charge in [0.05, 0.1) is 24.4 Å². The van der Waals surface area contributed by atoms with Gasteiger partial charge in [0.25, 0.3) is 0 Å². The predicted octanol–water partition coefficient (Wildman–Crippen LogP) is 1.75. The molecule has 0 aliphatic rings. The van der Waals surface area contributed by atoms with Crippen molar-refractivity contribution < 1.29 is 9.84 Å². The van der Waals surface area contributed by atoms with Gasteiger partial charge in [-0.3, -0.25) is 0 Å². The summed E-state index contributed by atoms with van der Waals surface area (Å²) in [5, 5.41) is 16.0. The van der Waals surface area contributed by atoms with Crippen molar-refractivity contribution in [3.8, 4) is 0 Å². The van der Waals surface area contributed by atoms with Gasteiger partial charge in [-0.25, -0.2) is 4.98 Å². The van der Waals surface area contributed by atoms with Gasteiger partial charge in [0, 0.05) is 18.1 Å². The zero-order chi connectivity index (χ0) is 12.9. The number of hydrogen-bond donors (Lipinski definition) is 2. The topological polar surface area (TPSA) is 54.4 Å². The predicted molar refractivity (Wildman–Crippen MR) is 70.2 cm³/mol. The first-order valence-corrected chi connectivity index (χ1v) is 6.74. The number of rotatable bonds is 7. The largest absolute Gasteiger partial charge is 0.389 e. The first-order valence-electron chi connectivity index (χ1n) is 5.86. The van der Waals surface area contributed by atoms with Crippen LogP contribution in [0.5, 0.6) is 0 Å². The van der Waals surface area contributed by atoms with Gasteiger partial charge < -0.3 is 15.2 Å². The number of hydrogen-bond acceptors (Lipinski definition) is 5. The highest BCUT2D eigenvalue weighted by molar-refractivity contribution is 7.09. The Morgan fingerprint density at radius 1 is 1.53 bits per heavy atom. The number of aromatic nitrogens is 1. The minimum Gasteiger partial charge on any atom is -0.389 e. The lowest BCUT2D eigenvalue weighted by Crippen LogP contribution is -2.42. The lowest BCUT2D eigenvalue weighted by molar-refractivity contribution is 0.00394. The monoisotopic (exact) mass is 258 g/mol. The van der Waals surface area contributed by atoms with E-state index < -0.39 is 6.10 Å². The molecule has 0 unspecified atom stereocenters. The van der Waals surface area contributed by atoms with Gasteiger partial charge in [-0.2, -0.15) is 0 Å². The van der Waals surface area contributed by atoms with Gasteiger partial charge in [-0.05, 0) is 27.7 Å². The fraction of sp³-hybridized carbons (Fsp3) is 0.750. The molecule has 0 fully saturated rings. The molecule has 1 aromatic heterocycles. The Bertz CT molecular complexity index is 312. The Morgan fingerprint density at radius 2 is 2.24 bits per heavy atom. The molecule has 1 heterocycles. The Labute approximate surface area is 107 Å². The summed E-state index contributed by atoms with van der Waals surface area (Å²) in [4.78, 5) is 4.28. The highest BCUT2D eigenvalue weighted by Crippen LogP contribution is 2.21. The van der Waals surface area contributed by atoms with Crippen molar-refractivity contribution in [1.29, 1.82) is 0 Å². The molecular formula is C12H22N2O2S. The third-order valence-corrected chi connectivity index (χ3v) is 3.47. The van der Waals surface area contributed by atoms with Crippen molar-refractivity contribution in [2.45, 2.75) is 45.4 Å². The van der Waals surface area contributed by atoms with Crippen LogP contribution in [0.1, 0.15) is 32.7 Å². The van der Waals surface area contributed by atoms with E-state index in [-0.39, 0.29) is 11.6 Å². The van der Waals surface area contributed by atoms with Crippen LogP contribution in [0.25, 0.3) is 0 Å². The number of ether oxygens (including phenoxy) is 1. The van der Waals surface area contributed by atoms with Crippen LogP contribution in [0.2, 0.25) is 0 Å². The molecule has 98 valence electrons. The van der Waals surface area contributed by atoms with Gasteiger partial charge in [0.1, 0.15) is 5.01 Å². The lowest BCUT2D eigenvalue weighted by Gasteiger charge is -2.25. The number of aliphatic hydroxyl groups is 1. The summed E-state index contributed by atoms with van der Waals surface area (Å²) in [5.41, 5.74) is -0.215. The molecular weight excluding hydrogens is 236 g/mol. The minimum atomic E-state index is -0.489. The van der Waals surface area contributed by atoms with Crippen LogP contribution in [0.15, 0.2) is 11.6 Å². The molecule has 5 heteroatoms. The van der Waals surface area contributed by atoms with E-state index in [9.17, 15) is 5.11 Å². The number of aliphatic hydroxyl groups excluding tert-OH is 1. The molecule has 1 atom stereocenters. The van der Waals surface area contributed by atoms with Crippen LogP contribution in [0.4, 0.5) is 0 Å². The zero-order valence-electron chi connectivity index (χ0n) is 10.9. The normalized spacial score (nSPS) is 14.2. The van der Waals surface area contributed by atoms with Gasteiger partial charge in [-0.1, -0.05) is 0 Å². The van der Waals surface area contributed by atoms with Crippen LogP contribution in [-0.2, 0) is 10.3 Å². The van der Waals surface area contributed by atoms with Gasteiger partial charge in [0.15, 0.2) is 0 Å². The Balaban J connectivity index is 2.34. The first kappa shape index (κ1) is 14.6. The SMILES string of the molecule is CC(C)OC[C@@H](O)CNC(C)(C)c1nccs1. The van der Waals surface area contributed by atoms with E-state index in [1.165, 1.54) is 0 Å². The molecule has 0 aliphatic heterocycles. The Kier molecular flexibility index (Phi) is 5.52. The molecule has 0 bridgehead atoms. The van der Waals surface area contributed by atoms with Crippen molar-refractivity contribution in [1.82, 2.24) is 10.3 Å². The zero-order valence-corrected chi connectivity index (χ0v) is 11.8. The molecule has 0 amide bonds. The Hall–Kier alpha value is -0.490. The van der Waals surface area contributed by atoms with Crippen LogP contribution < -0.4 is 5.32 Å². The second-order valence-corrected chi connectivity index (χ2v) is 5.77. The van der Waals surface area contributed by atoms with Crippen LogP contribution >= 0.6 is 11.3 Å². The summed E-state index contributed by atoms with van der Waals surface area (Å²) in [7, 11) is 0. The number of nitrogens with one attached hydrogen (secondary N) is 1. The molecule has 0 saturated carbocycles. The van der Waals surface area contributed by atoms with Gasteiger partial charge in [-0.15, -0.1) is 11.3 Å². The molecule has 1 aromatic rings. The van der Waals surface area contributed by atoms with E-state index >= 15 is 0 Å². The molecule has 0 radical (unpaired) electrons. The quantitative estimate of drug-likeness (QED) is 0.782. The fourth-order valence-electron chi connectivity index (χ4n) is 1.34. The highest BCUT2D eigenvalue weighted by Gasteiger charge is 2.23. The molecule has 4 nitrogen and oxygen atoms in total. The number of thiazole rings is 1. The van der Waals surface area contributed by atoms with E-state index in [0.717, 1.165) is 5.01 Å². The summed E-state index contributed by atoms with van der Waals surface area (Å²) >= 11 is 1.61. The van der Waals surface area contributed by atoms with Crippen molar-refractivity contribution >= 4 is 11.3 Å². The molecule has 0 aliphatic carbocycles. The van der Waals surface area contributed by atoms with E-state index in [4.69, 9.17) is 4.74 Å². The fourth-order valence-corrected chi connectivity index (χ4v) is 2.08. The van der Waals surface area contributed by atoms with Crippen molar-refractivity contribution in [3.63, 3.8) is 0 Å². The van der Waals surface area contributed by atoms with E-state index in [1.54, 1.807) is 17.5 Å². The average molecular weight is 258 g/mol. The van der Waals surface area contributed by atoms with Gasteiger partial charge in [0.2, 0.25) is 0 Å². The van der Waals surface area contributed by atoms with Crippen LogP contribution in [0, 0.1) is 0 Å².